The number of nitrogens with one attached hydrogen (secondary N) is 1. The smallest absolute Gasteiger partial charge is 0.422 e. The second kappa shape index (κ2) is 11.2. The third-order valence-corrected chi connectivity index (χ3v) is 4.53. The molecule has 0 saturated carbocycles. The van der Waals surface area contributed by atoms with E-state index in [4.69, 9.17) is 14.2 Å². The van der Waals surface area contributed by atoms with Crippen molar-refractivity contribution in [1.82, 2.24) is 25.5 Å². The number of aryl methyl sites for hydroxylation is 1. The van der Waals surface area contributed by atoms with Crippen LogP contribution >= 0.6 is 0 Å². The van der Waals surface area contributed by atoms with Crippen LogP contribution in [0.25, 0.3) is 0 Å². The Balaban J connectivity index is 2.11. The number of alkyl halides is 3. The summed E-state index contributed by atoms with van der Waals surface area (Å²) in [6, 6.07) is 6.54. The second-order valence-corrected chi connectivity index (χ2v) is 7.05. The predicted molar refractivity (Wildman–Crippen MR) is 103 cm³/mol. The molecule has 0 radical (unpaired) electrons. The molecule has 1 aromatic carbocycles. The van der Waals surface area contributed by atoms with Crippen molar-refractivity contribution in [2.75, 3.05) is 34.0 Å². The summed E-state index contributed by atoms with van der Waals surface area (Å²) < 4.78 is 54.1. The molecule has 0 bridgehead atoms. The van der Waals surface area contributed by atoms with Crippen LogP contribution < -0.4 is 10.1 Å². The number of methoxy groups -OCH3 is 2. The van der Waals surface area contributed by atoms with Gasteiger partial charge in [-0.2, -0.15) is 13.2 Å². The molecule has 1 N–H and O–H groups in total. The maximum atomic E-state index is 12.4. The highest BCUT2D eigenvalue weighted by Gasteiger charge is 2.32. The molecule has 0 aliphatic carbocycles. The minimum absolute atomic E-state index is 0.162. The molecule has 30 heavy (non-hydrogen) atoms. The third-order valence-electron chi connectivity index (χ3n) is 4.53. The molecule has 168 valence electrons. The van der Waals surface area contributed by atoms with Crippen molar-refractivity contribution in [3.63, 3.8) is 0 Å². The zero-order valence-corrected chi connectivity index (χ0v) is 17.4. The molecule has 11 heteroatoms. The van der Waals surface area contributed by atoms with Crippen LogP contribution in [0.4, 0.5) is 13.2 Å². The third kappa shape index (κ3) is 7.54. The fraction of sp³-hybridized carbons (Fsp3) is 0.632. The number of halogens is 3. The normalized spacial score (nSPS) is 13.9. The summed E-state index contributed by atoms with van der Waals surface area (Å²) in [7, 11) is 3.25. The number of ether oxygens (including phenoxy) is 3. The average molecular weight is 431 g/mol. The van der Waals surface area contributed by atoms with Crippen molar-refractivity contribution < 1.29 is 27.4 Å². The van der Waals surface area contributed by atoms with Crippen LogP contribution in [0.3, 0.4) is 0 Å². The molecular weight excluding hydrogens is 403 g/mol. The summed E-state index contributed by atoms with van der Waals surface area (Å²) in [5.41, 5.74) is 0.159. The highest BCUT2D eigenvalue weighted by Crippen LogP contribution is 2.24. The van der Waals surface area contributed by atoms with E-state index in [1.165, 1.54) is 6.07 Å². The molecule has 0 saturated heterocycles. The monoisotopic (exact) mass is 431 g/mol. The molecule has 1 heterocycles. The molecule has 8 nitrogen and oxygen atoms in total. The molecule has 0 spiro atoms. The molecule has 1 aromatic heterocycles. The van der Waals surface area contributed by atoms with E-state index in [-0.39, 0.29) is 5.75 Å². The molecule has 0 amide bonds. The Hall–Kier alpha value is -2.24. The van der Waals surface area contributed by atoms with Crippen molar-refractivity contribution in [3.8, 4) is 5.75 Å². The van der Waals surface area contributed by atoms with Gasteiger partial charge in [-0.25, -0.2) is 4.68 Å². The molecule has 2 aromatic rings. The average Bonchev–Trinajstić information content (AvgIpc) is 3.19. The van der Waals surface area contributed by atoms with Gasteiger partial charge in [-0.1, -0.05) is 12.1 Å². The molecule has 0 fully saturated rings. The molecule has 0 aliphatic rings. The van der Waals surface area contributed by atoms with Gasteiger partial charge in [0, 0.05) is 40.5 Å². The van der Waals surface area contributed by atoms with Gasteiger partial charge in [-0.3, -0.25) is 0 Å². The van der Waals surface area contributed by atoms with Gasteiger partial charge < -0.3 is 19.5 Å². The fourth-order valence-corrected chi connectivity index (χ4v) is 2.90. The summed E-state index contributed by atoms with van der Waals surface area (Å²) >= 11 is 0. The minimum atomic E-state index is -4.38. The van der Waals surface area contributed by atoms with E-state index in [0.29, 0.717) is 38.5 Å². The number of tetrazole rings is 1. The lowest BCUT2D eigenvalue weighted by Gasteiger charge is -2.30. The van der Waals surface area contributed by atoms with Gasteiger partial charge in [0.1, 0.15) is 5.75 Å². The van der Waals surface area contributed by atoms with Crippen molar-refractivity contribution >= 4 is 0 Å². The van der Waals surface area contributed by atoms with E-state index in [1.807, 2.05) is 13.0 Å². The number of hydrogen-bond acceptors (Lipinski definition) is 7. The van der Waals surface area contributed by atoms with E-state index in [9.17, 15) is 13.2 Å². The Morgan fingerprint density at radius 2 is 1.90 bits per heavy atom. The van der Waals surface area contributed by atoms with Gasteiger partial charge in [-0.05, 0) is 47.9 Å². The first-order chi connectivity index (χ1) is 14.3. The van der Waals surface area contributed by atoms with Gasteiger partial charge in [-0.15, -0.1) is 5.10 Å². The Morgan fingerprint density at radius 3 is 2.60 bits per heavy atom. The Morgan fingerprint density at radius 1 is 1.13 bits per heavy atom. The van der Waals surface area contributed by atoms with Crippen LogP contribution in [0, 0.1) is 0 Å². The number of aromatic nitrogens is 4. The van der Waals surface area contributed by atoms with Crippen molar-refractivity contribution in [1.29, 1.82) is 0 Å². The number of hydrogen-bond donors (Lipinski definition) is 1. The summed E-state index contributed by atoms with van der Waals surface area (Å²) in [5.74, 6) is 0.815. The zero-order chi connectivity index (χ0) is 22.0. The fourth-order valence-electron chi connectivity index (χ4n) is 2.90. The van der Waals surface area contributed by atoms with E-state index in [0.717, 1.165) is 12.0 Å². The van der Waals surface area contributed by atoms with Gasteiger partial charge in [0.05, 0.1) is 5.54 Å². The number of rotatable bonds is 13. The highest BCUT2D eigenvalue weighted by atomic mass is 19.4. The SMILES string of the molecule is COCCCn1nnnc1C(C)(CCOC)NCc1cccc(OCC(F)(F)F)c1. The topological polar surface area (TPSA) is 83.3 Å². The van der Waals surface area contributed by atoms with Crippen molar-refractivity contribution in [2.45, 2.75) is 44.6 Å². The van der Waals surface area contributed by atoms with E-state index in [2.05, 4.69) is 20.8 Å². The maximum Gasteiger partial charge on any atom is 0.422 e. The van der Waals surface area contributed by atoms with Gasteiger partial charge in [0.15, 0.2) is 12.4 Å². The van der Waals surface area contributed by atoms with Crippen LogP contribution in [-0.4, -0.2) is 60.4 Å². The summed E-state index contributed by atoms with van der Waals surface area (Å²) in [6.45, 7) is 2.69. The first-order valence-electron chi connectivity index (χ1n) is 9.55. The van der Waals surface area contributed by atoms with Gasteiger partial charge >= 0.3 is 6.18 Å². The minimum Gasteiger partial charge on any atom is -0.484 e. The predicted octanol–water partition coefficient (Wildman–Crippen LogP) is 2.69. The van der Waals surface area contributed by atoms with Gasteiger partial charge in [0.25, 0.3) is 0 Å². The van der Waals surface area contributed by atoms with E-state index >= 15 is 0 Å². The summed E-state index contributed by atoms with van der Waals surface area (Å²) in [6.07, 6.45) is -3.03. The Kier molecular flexibility index (Phi) is 9.00. The second-order valence-electron chi connectivity index (χ2n) is 7.05. The summed E-state index contributed by atoms with van der Waals surface area (Å²) in [4.78, 5) is 0. The lowest BCUT2D eigenvalue weighted by atomic mass is 9.96. The van der Waals surface area contributed by atoms with Crippen LogP contribution in [0.1, 0.15) is 31.2 Å². The molecular formula is C19H28F3N5O3. The first-order valence-corrected chi connectivity index (χ1v) is 9.55. The standard InChI is InChI=1S/C19H28F3N5O3/c1-18(8-11-29-3,17-24-25-26-27(17)9-5-10-28-2)23-13-15-6-4-7-16(12-15)30-14-19(20,21)22/h4,6-7,12,23H,5,8-11,13-14H2,1-3H3. The van der Waals surface area contributed by atoms with Crippen LogP contribution in [0.15, 0.2) is 24.3 Å². The Labute approximate surface area is 173 Å². The molecule has 0 aliphatic heterocycles. The lowest BCUT2D eigenvalue weighted by Crippen LogP contribution is -2.42. The quantitative estimate of drug-likeness (QED) is 0.488. The maximum absolute atomic E-state index is 12.4. The summed E-state index contributed by atoms with van der Waals surface area (Å²) in [5, 5.41) is 15.5. The zero-order valence-electron chi connectivity index (χ0n) is 17.4. The highest BCUT2D eigenvalue weighted by molar-refractivity contribution is 5.28. The molecule has 1 unspecified atom stereocenters. The number of benzene rings is 1. The van der Waals surface area contributed by atoms with Crippen LogP contribution in [-0.2, 0) is 28.1 Å². The van der Waals surface area contributed by atoms with Crippen LogP contribution in [0.2, 0.25) is 0 Å². The van der Waals surface area contributed by atoms with E-state index in [1.54, 1.807) is 31.0 Å². The van der Waals surface area contributed by atoms with Crippen molar-refractivity contribution in [2.24, 2.45) is 0 Å². The Bertz CT molecular complexity index is 772. The van der Waals surface area contributed by atoms with Gasteiger partial charge in [0.2, 0.25) is 0 Å². The molecule has 2 rings (SSSR count). The van der Waals surface area contributed by atoms with Crippen LogP contribution in [0.5, 0.6) is 5.75 Å². The van der Waals surface area contributed by atoms with Crippen molar-refractivity contribution in [3.05, 3.63) is 35.7 Å². The lowest BCUT2D eigenvalue weighted by molar-refractivity contribution is -0.153. The van der Waals surface area contributed by atoms with E-state index < -0.39 is 18.3 Å². The first kappa shape index (κ1) is 24.0. The largest absolute Gasteiger partial charge is 0.484 e. The number of nitrogens with zero attached hydrogens (tertiary/aromatic N) is 4. The molecule has 1 atom stereocenters.